The summed E-state index contributed by atoms with van der Waals surface area (Å²) in [7, 11) is 0. The van der Waals surface area contributed by atoms with E-state index in [1.165, 1.54) is 32.1 Å². The smallest absolute Gasteiger partial charge is 0.107 e. The molecule has 2 atom stereocenters. The van der Waals surface area contributed by atoms with Gasteiger partial charge in [-0.2, -0.15) is 0 Å². The zero-order chi connectivity index (χ0) is 15.3. The largest absolute Gasteiger partial charge is 0.372 e. The monoisotopic (exact) mass is 310 g/mol. The Morgan fingerprint density at radius 2 is 2.19 bits per heavy atom. The van der Waals surface area contributed by atoms with Crippen molar-refractivity contribution in [3.63, 3.8) is 0 Å². The molecular formula is C17H30N2OS. The zero-order valence-electron chi connectivity index (χ0n) is 13.9. The first-order valence-electron chi connectivity index (χ1n) is 8.26. The van der Waals surface area contributed by atoms with Crippen molar-refractivity contribution in [2.75, 3.05) is 0 Å². The standard InChI is InChI=1S/C17H30N2OS/c1-5-13-7-6-8-15(9-13)20-11-14-12-21-16(19-14)10-18-17(2,3)4/h12-13,15,18H,5-11H2,1-4H3. The van der Waals surface area contributed by atoms with Crippen LogP contribution in [0.4, 0.5) is 0 Å². The van der Waals surface area contributed by atoms with Crippen molar-refractivity contribution in [1.82, 2.24) is 10.3 Å². The van der Waals surface area contributed by atoms with Gasteiger partial charge < -0.3 is 10.1 Å². The van der Waals surface area contributed by atoms with E-state index in [0.717, 1.165) is 23.2 Å². The van der Waals surface area contributed by atoms with Crippen LogP contribution in [0.3, 0.4) is 0 Å². The summed E-state index contributed by atoms with van der Waals surface area (Å²) in [5, 5.41) is 6.77. The zero-order valence-corrected chi connectivity index (χ0v) is 14.8. The van der Waals surface area contributed by atoms with E-state index < -0.39 is 0 Å². The normalized spacial score (nSPS) is 23.4. The van der Waals surface area contributed by atoms with Gasteiger partial charge in [0.25, 0.3) is 0 Å². The molecule has 2 rings (SSSR count). The Kier molecular flexibility index (Phi) is 6.20. The van der Waals surface area contributed by atoms with Crippen molar-refractivity contribution in [3.05, 3.63) is 16.1 Å². The van der Waals surface area contributed by atoms with Crippen LogP contribution in [0, 0.1) is 5.92 Å². The van der Waals surface area contributed by atoms with Crippen molar-refractivity contribution in [3.8, 4) is 0 Å². The van der Waals surface area contributed by atoms with Gasteiger partial charge in [-0.1, -0.05) is 26.2 Å². The van der Waals surface area contributed by atoms with E-state index in [1.54, 1.807) is 11.3 Å². The molecule has 1 N–H and O–H groups in total. The lowest BCUT2D eigenvalue weighted by Gasteiger charge is -2.28. The van der Waals surface area contributed by atoms with Crippen LogP contribution in [-0.2, 0) is 17.9 Å². The maximum absolute atomic E-state index is 6.08. The van der Waals surface area contributed by atoms with Gasteiger partial charge in [-0.3, -0.25) is 0 Å². The molecule has 0 spiro atoms. The third-order valence-electron chi connectivity index (χ3n) is 4.15. The van der Waals surface area contributed by atoms with Gasteiger partial charge in [0.05, 0.1) is 18.4 Å². The second-order valence-corrected chi connectivity index (χ2v) is 8.15. The minimum Gasteiger partial charge on any atom is -0.372 e. The highest BCUT2D eigenvalue weighted by Gasteiger charge is 2.21. The van der Waals surface area contributed by atoms with Crippen LogP contribution >= 0.6 is 11.3 Å². The summed E-state index contributed by atoms with van der Waals surface area (Å²) in [5.74, 6) is 0.866. The summed E-state index contributed by atoms with van der Waals surface area (Å²) >= 11 is 1.73. The molecule has 1 aliphatic rings. The first-order chi connectivity index (χ1) is 9.96. The van der Waals surface area contributed by atoms with E-state index >= 15 is 0 Å². The molecule has 1 heterocycles. The van der Waals surface area contributed by atoms with Crippen molar-refractivity contribution < 1.29 is 4.74 Å². The topological polar surface area (TPSA) is 34.1 Å². The minimum atomic E-state index is 0.138. The van der Waals surface area contributed by atoms with Crippen molar-refractivity contribution >= 4 is 11.3 Å². The number of aromatic nitrogens is 1. The van der Waals surface area contributed by atoms with Crippen LogP contribution in [0.25, 0.3) is 0 Å². The minimum absolute atomic E-state index is 0.138. The molecule has 3 nitrogen and oxygen atoms in total. The number of hydrogen-bond donors (Lipinski definition) is 1. The maximum atomic E-state index is 6.08. The van der Waals surface area contributed by atoms with Gasteiger partial charge in [-0.05, 0) is 39.5 Å². The van der Waals surface area contributed by atoms with Crippen molar-refractivity contribution in [2.24, 2.45) is 5.92 Å². The lowest BCUT2D eigenvalue weighted by Crippen LogP contribution is -2.35. The van der Waals surface area contributed by atoms with Crippen LogP contribution < -0.4 is 5.32 Å². The highest BCUT2D eigenvalue weighted by atomic mass is 32.1. The van der Waals surface area contributed by atoms with E-state index in [0.29, 0.717) is 12.7 Å². The molecule has 1 fully saturated rings. The lowest BCUT2D eigenvalue weighted by molar-refractivity contribution is 0.000497. The third kappa shape index (κ3) is 6.05. The van der Waals surface area contributed by atoms with Gasteiger partial charge in [0.2, 0.25) is 0 Å². The van der Waals surface area contributed by atoms with Gasteiger partial charge in [0, 0.05) is 17.5 Å². The first kappa shape index (κ1) is 16.9. The SMILES string of the molecule is CCC1CCCC(OCc2csc(CNC(C)(C)C)n2)C1. The van der Waals surface area contributed by atoms with Crippen LogP contribution in [-0.4, -0.2) is 16.6 Å². The molecule has 1 aliphatic carbocycles. The summed E-state index contributed by atoms with van der Waals surface area (Å²) in [6, 6.07) is 0. The van der Waals surface area contributed by atoms with Gasteiger partial charge >= 0.3 is 0 Å². The Morgan fingerprint density at radius 1 is 1.38 bits per heavy atom. The molecule has 0 saturated heterocycles. The average molecular weight is 311 g/mol. The molecule has 0 aromatic carbocycles. The fraction of sp³-hybridized carbons (Fsp3) is 0.824. The Bertz CT molecular complexity index is 425. The summed E-state index contributed by atoms with van der Waals surface area (Å²) in [4.78, 5) is 4.67. The lowest BCUT2D eigenvalue weighted by atomic mass is 9.85. The first-order valence-corrected chi connectivity index (χ1v) is 9.14. The quantitative estimate of drug-likeness (QED) is 0.839. The summed E-state index contributed by atoms with van der Waals surface area (Å²) in [5.41, 5.74) is 1.23. The van der Waals surface area contributed by atoms with Crippen molar-refractivity contribution in [2.45, 2.75) is 84.6 Å². The van der Waals surface area contributed by atoms with E-state index in [-0.39, 0.29) is 5.54 Å². The molecule has 1 saturated carbocycles. The number of nitrogens with zero attached hydrogens (tertiary/aromatic N) is 1. The average Bonchev–Trinajstić information content (AvgIpc) is 2.90. The number of hydrogen-bond acceptors (Lipinski definition) is 4. The van der Waals surface area contributed by atoms with E-state index in [1.807, 2.05) is 0 Å². The Balaban J connectivity index is 1.75. The molecule has 120 valence electrons. The molecule has 2 unspecified atom stereocenters. The second kappa shape index (κ2) is 7.70. The van der Waals surface area contributed by atoms with Crippen LogP contribution in [0.2, 0.25) is 0 Å². The Morgan fingerprint density at radius 3 is 2.90 bits per heavy atom. The van der Waals surface area contributed by atoms with Gasteiger partial charge in [0.15, 0.2) is 0 Å². The fourth-order valence-corrected chi connectivity index (χ4v) is 3.52. The van der Waals surface area contributed by atoms with Crippen LogP contribution in [0.15, 0.2) is 5.38 Å². The van der Waals surface area contributed by atoms with Crippen molar-refractivity contribution in [1.29, 1.82) is 0 Å². The fourth-order valence-electron chi connectivity index (χ4n) is 2.80. The van der Waals surface area contributed by atoms with Crippen LogP contribution in [0.5, 0.6) is 0 Å². The van der Waals surface area contributed by atoms with E-state index in [4.69, 9.17) is 4.74 Å². The predicted octanol–water partition coefficient (Wildman–Crippen LogP) is 4.52. The van der Waals surface area contributed by atoms with E-state index in [2.05, 4.69) is 43.4 Å². The molecule has 1 aromatic heterocycles. The Labute approximate surface area is 133 Å². The summed E-state index contributed by atoms with van der Waals surface area (Å²) in [6.07, 6.45) is 6.90. The number of rotatable bonds is 6. The number of thiazole rings is 1. The molecule has 0 amide bonds. The number of ether oxygens (including phenoxy) is 1. The second-order valence-electron chi connectivity index (χ2n) is 7.21. The molecular weight excluding hydrogens is 280 g/mol. The number of nitrogens with one attached hydrogen (secondary N) is 1. The molecule has 0 bridgehead atoms. The predicted molar refractivity (Wildman–Crippen MR) is 89.5 cm³/mol. The van der Waals surface area contributed by atoms with Crippen LogP contribution in [0.1, 0.15) is 70.5 Å². The molecule has 0 aliphatic heterocycles. The molecule has 1 aromatic rings. The molecule has 4 heteroatoms. The summed E-state index contributed by atoms with van der Waals surface area (Å²) in [6.45, 7) is 10.3. The van der Waals surface area contributed by atoms with Gasteiger partial charge in [0.1, 0.15) is 5.01 Å². The van der Waals surface area contributed by atoms with Gasteiger partial charge in [-0.25, -0.2) is 4.98 Å². The highest BCUT2D eigenvalue weighted by Crippen LogP contribution is 2.29. The van der Waals surface area contributed by atoms with E-state index in [9.17, 15) is 0 Å². The Hall–Kier alpha value is -0.450. The third-order valence-corrected chi connectivity index (χ3v) is 5.05. The van der Waals surface area contributed by atoms with Gasteiger partial charge in [-0.15, -0.1) is 11.3 Å². The maximum Gasteiger partial charge on any atom is 0.107 e. The summed E-state index contributed by atoms with van der Waals surface area (Å²) < 4.78 is 6.08. The highest BCUT2D eigenvalue weighted by molar-refractivity contribution is 7.09. The molecule has 0 radical (unpaired) electrons. The molecule has 21 heavy (non-hydrogen) atoms.